The van der Waals surface area contributed by atoms with Crippen LogP contribution in [0.3, 0.4) is 0 Å². The molecule has 2 aromatic heterocycles. The maximum absolute atomic E-state index is 12.5. The number of aromatic nitrogens is 5. The molecule has 1 aliphatic heterocycles. The molecule has 0 aromatic carbocycles. The standard InChI is InChI=1S/C15H20N6O2/c1-20-9-12(17-19-20)15(22)21-6-2-3-10(8-21)7-13-16-14(18-23-13)11-4-5-11/h9-11H,2-8H2,1H3/t10-/m0/s1. The zero-order valence-electron chi connectivity index (χ0n) is 13.2. The van der Waals surface area contributed by atoms with Crippen molar-refractivity contribution >= 4 is 5.91 Å². The van der Waals surface area contributed by atoms with Gasteiger partial charge in [0.1, 0.15) is 0 Å². The first-order valence-corrected chi connectivity index (χ1v) is 8.17. The van der Waals surface area contributed by atoms with Crippen molar-refractivity contribution in [1.82, 2.24) is 30.0 Å². The molecule has 1 saturated heterocycles. The summed E-state index contributed by atoms with van der Waals surface area (Å²) in [5, 5.41) is 11.8. The summed E-state index contributed by atoms with van der Waals surface area (Å²) >= 11 is 0. The van der Waals surface area contributed by atoms with Crippen LogP contribution in [0.15, 0.2) is 10.7 Å². The highest BCUT2D eigenvalue weighted by molar-refractivity contribution is 5.92. The van der Waals surface area contributed by atoms with Crippen LogP contribution < -0.4 is 0 Å². The van der Waals surface area contributed by atoms with Crippen molar-refractivity contribution in [3.05, 3.63) is 23.6 Å². The first-order valence-electron chi connectivity index (χ1n) is 8.17. The van der Waals surface area contributed by atoms with Crippen LogP contribution in [0.1, 0.15) is 53.8 Å². The summed E-state index contributed by atoms with van der Waals surface area (Å²) in [6.45, 7) is 1.47. The second kappa shape index (κ2) is 5.75. The van der Waals surface area contributed by atoms with Gasteiger partial charge in [-0.1, -0.05) is 10.4 Å². The minimum Gasteiger partial charge on any atom is -0.339 e. The van der Waals surface area contributed by atoms with E-state index < -0.39 is 0 Å². The van der Waals surface area contributed by atoms with E-state index in [1.54, 1.807) is 17.9 Å². The Hall–Kier alpha value is -2.25. The summed E-state index contributed by atoms with van der Waals surface area (Å²) in [5.74, 6) is 2.37. The van der Waals surface area contributed by atoms with Gasteiger partial charge in [-0.25, -0.2) is 0 Å². The van der Waals surface area contributed by atoms with E-state index in [1.807, 2.05) is 4.90 Å². The fraction of sp³-hybridized carbons (Fsp3) is 0.667. The van der Waals surface area contributed by atoms with Gasteiger partial charge in [0.2, 0.25) is 5.89 Å². The highest BCUT2D eigenvalue weighted by atomic mass is 16.5. The number of hydrogen-bond donors (Lipinski definition) is 0. The van der Waals surface area contributed by atoms with Gasteiger partial charge in [-0.2, -0.15) is 4.98 Å². The van der Waals surface area contributed by atoms with Gasteiger partial charge in [-0.05, 0) is 31.6 Å². The number of amides is 1. The predicted octanol–water partition coefficient (Wildman–Crippen LogP) is 1.17. The topological polar surface area (TPSA) is 89.9 Å². The van der Waals surface area contributed by atoms with Crippen LogP contribution in [0, 0.1) is 5.92 Å². The monoisotopic (exact) mass is 316 g/mol. The number of piperidine rings is 1. The Morgan fingerprint density at radius 3 is 3.00 bits per heavy atom. The fourth-order valence-corrected chi connectivity index (χ4v) is 3.13. The largest absolute Gasteiger partial charge is 0.339 e. The summed E-state index contributed by atoms with van der Waals surface area (Å²) in [5.41, 5.74) is 0.405. The van der Waals surface area contributed by atoms with Crippen molar-refractivity contribution in [2.75, 3.05) is 13.1 Å². The van der Waals surface area contributed by atoms with Gasteiger partial charge in [0.05, 0.1) is 6.20 Å². The van der Waals surface area contributed by atoms with Crippen molar-refractivity contribution in [1.29, 1.82) is 0 Å². The van der Waals surface area contributed by atoms with Gasteiger partial charge in [0.15, 0.2) is 11.5 Å². The average molecular weight is 316 g/mol. The minimum atomic E-state index is -0.0491. The van der Waals surface area contributed by atoms with Crippen LogP contribution >= 0.6 is 0 Å². The van der Waals surface area contributed by atoms with E-state index >= 15 is 0 Å². The molecule has 8 nitrogen and oxygen atoms in total. The van der Waals surface area contributed by atoms with E-state index in [0.29, 0.717) is 30.0 Å². The van der Waals surface area contributed by atoms with Crippen molar-refractivity contribution < 1.29 is 9.32 Å². The molecular formula is C15H20N6O2. The van der Waals surface area contributed by atoms with Crippen LogP contribution in [0.4, 0.5) is 0 Å². The number of rotatable bonds is 4. The molecule has 23 heavy (non-hydrogen) atoms. The zero-order valence-corrected chi connectivity index (χ0v) is 13.2. The fourth-order valence-electron chi connectivity index (χ4n) is 3.13. The van der Waals surface area contributed by atoms with Gasteiger partial charge in [0, 0.05) is 32.5 Å². The molecule has 0 bridgehead atoms. The second-order valence-corrected chi connectivity index (χ2v) is 6.56. The minimum absolute atomic E-state index is 0.0491. The Kier molecular flexibility index (Phi) is 3.59. The van der Waals surface area contributed by atoms with Gasteiger partial charge < -0.3 is 9.42 Å². The third-order valence-corrected chi connectivity index (χ3v) is 4.52. The van der Waals surface area contributed by atoms with Crippen molar-refractivity contribution in [3.63, 3.8) is 0 Å². The van der Waals surface area contributed by atoms with Gasteiger partial charge in [-0.3, -0.25) is 9.48 Å². The lowest BCUT2D eigenvalue weighted by molar-refractivity contribution is 0.0662. The molecule has 1 amide bonds. The van der Waals surface area contributed by atoms with E-state index in [1.165, 1.54) is 12.8 Å². The molecule has 0 unspecified atom stereocenters. The quantitative estimate of drug-likeness (QED) is 0.841. The number of nitrogens with zero attached hydrogens (tertiary/aromatic N) is 6. The zero-order chi connectivity index (χ0) is 15.8. The van der Waals surface area contributed by atoms with Crippen molar-refractivity contribution in [3.8, 4) is 0 Å². The molecule has 0 spiro atoms. The highest BCUT2D eigenvalue weighted by Crippen LogP contribution is 2.38. The van der Waals surface area contributed by atoms with E-state index in [4.69, 9.17) is 4.52 Å². The van der Waals surface area contributed by atoms with Crippen molar-refractivity contribution in [2.45, 2.75) is 38.0 Å². The van der Waals surface area contributed by atoms with Gasteiger partial charge in [0.25, 0.3) is 5.91 Å². The summed E-state index contributed by atoms with van der Waals surface area (Å²) < 4.78 is 6.91. The number of carbonyl (C=O) groups excluding carboxylic acids is 1. The number of carbonyl (C=O) groups is 1. The smallest absolute Gasteiger partial charge is 0.276 e. The Morgan fingerprint density at radius 2 is 2.26 bits per heavy atom. The van der Waals surface area contributed by atoms with E-state index in [9.17, 15) is 4.79 Å². The Labute approximate surface area is 133 Å². The van der Waals surface area contributed by atoms with Gasteiger partial charge in [-0.15, -0.1) is 5.10 Å². The molecule has 2 aromatic rings. The van der Waals surface area contributed by atoms with Crippen LogP contribution in [0.5, 0.6) is 0 Å². The normalized spacial score (nSPS) is 21.6. The maximum atomic E-state index is 12.5. The second-order valence-electron chi connectivity index (χ2n) is 6.56. The summed E-state index contributed by atoms with van der Waals surface area (Å²) in [6, 6.07) is 0. The lowest BCUT2D eigenvalue weighted by atomic mass is 9.94. The van der Waals surface area contributed by atoms with E-state index in [2.05, 4.69) is 20.5 Å². The molecule has 1 atom stereocenters. The first-order chi connectivity index (χ1) is 11.2. The molecular weight excluding hydrogens is 296 g/mol. The maximum Gasteiger partial charge on any atom is 0.276 e. The van der Waals surface area contributed by atoms with Crippen LogP contribution in [-0.2, 0) is 13.5 Å². The molecule has 2 fully saturated rings. The summed E-state index contributed by atoms with van der Waals surface area (Å²) in [7, 11) is 1.76. The molecule has 0 radical (unpaired) electrons. The predicted molar refractivity (Wildman–Crippen MR) is 79.6 cm³/mol. The number of aryl methyl sites for hydroxylation is 1. The molecule has 8 heteroatoms. The molecule has 1 aliphatic carbocycles. The number of hydrogen-bond acceptors (Lipinski definition) is 6. The van der Waals surface area contributed by atoms with E-state index in [0.717, 1.165) is 31.6 Å². The third-order valence-electron chi connectivity index (χ3n) is 4.52. The Balaban J connectivity index is 1.39. The van der Waals surface area contributed by atoms with Crippen LogP contribution in [-0.4, -0.2) is 49.0 Å². The van der Waals surface area contributed by atoms with Crippen LogP contribution in [0.2, 0.25) is 0 Å². The van der Waals surface area contributed by atoms with E-state index in [-0.39, 0.29) is 5.91 Å². The number of likely N-dealkylation sites (tertiary alicyclic amines) is 1. The molecule has 0 N–H and O–H groups in total. The van der Waals surface area contributed by atoms with Gasteiger partial charge >= 0.3 is 0 Å². The highest BCUT2D eigenvalue weighted by Gasteiger charge is 2.30. The molecule has 4 rings (SSSR count). The molecule has 122 valence electrons. The lowest BCUT2D eigenvalue weighted by Gasteiger charge is -2.31. The summed E-state index contributed by atoms with van der Waals surface area (Å²) in [6.07, 6.45) is 6.80. The third kappa shape index (κ3) is 3.11. The molecule has 1 saturated carbocycles. The molecule has 3 heterocycles. The SMILES string of the molecule is Cn1cc(C(=O)N2CCC[C@@H](Cc3nc(C4CC4)no3)C2)nn1. The summed E-state index contributed by atoms with van der Waals surface area (Å²) in [4.78, 5) is 18.8. The average Bonchev–Trinajstić information content (AvgIpc) is 3.16. The first kappa shape index (κ1) is 14.3. The van der Waals surface area contributed by atoms with Crippen molar-refractivity contribution in [2.24, 2.45) is 13.0 Å². The Bertz CT molecular complexity index is 704. The Morgan fingerprint density at radius 1 is 1.39 bits per heavy atom. The lowest BCUT2D eigenvalue weighted by Crippen LogP contribution is -2.40. The molecule has 2 aliphatic rings. The van der Waals surface area contributed by atoms with Crippen LogP contribution in [0.25, 0.3) is 0 Å².